The minimum atomic E-state index is 0.0767. The molecule has 0 saturated carbocycles. The Morgan fingerprint density at radius 1 is 1.44 bits per heavy atom. The SMILES string of the molecule is O=C1CC(CO)CN1CCOc1ccccc1Br. The Labute approximate surface area is 115 Å². The number of rotatable bonds is 5. The molecule has 1 atom stereocenters. The van der Waals surface area contributed by atoms with Crippen LogP contribution in [-0.2, 0) is 4.79 Å². The van der Waals surface area contributed by atoms with Gasteiger partial charge in [-0.05, 0) is 28.1 Å². The fourth-order valence-corrected chi connectivity index (χ4v) is 2.42. The molecule has 4 nitrogen and oxygen atoms in total. The molecule has 2 rings (SSSR count). The standard InChI is InChI=1S/C13H16BrNO3/c14-11-3-1-2-4-12(11)18-6-5-15-8-10(9-16)7-13(15)17/h1-4,10,16H,5-9H2. The lowest BCUT2D eigenvalue weighted by atomic mass is 10.1. The molecular weight excluding hydrogens is 298 g/mol. The fourth-order valence-electron chi connectivity index (χ4n) is 2.02. The van der Waals surface area contributed by atoms with Crippen molar-refractivity contribution in [3.8, 4) is 5.75 Å². The third kappa shape index (κ3) is 3.23. The Hall–Kier alpha value is -1.07. The van der Waals surface area contributed by atoms with Crippen LogP contribution in [0.5, 0.6) is 5.75 Å². The van der Waals surface area contributed by atoms with E-state index in [-0.39, 0.29) is 18.4 Å². The van der Waals surface area contributed by atoms with Crippen molar-refractivity contribution in [2.75, 3.05) is 26.3 Å². The molecular formula is C13H16BrNO3. The van der Waals surface area contributed by atoms with Crippen molar-refractivity contribution in [1.82, 2.24) is 4.90 Å². The van der Waals surface area contributed by atoms with Crippen LogP contribution in [0.25, 0.3) is 0 Å². The highest BCUT2D eigenvalue weighted by Crippen LogP contribution is 2.24. The summed E-state index contributed by atoms with van der Waals surface area (Å²) >= 11 is 3.40. The van der Waals surface area contributed by atoms with E-state index in [2.05, 4.69) is 15.9 Å². The van der Waals surface area contributed by atoms with Gasteiger partial charge in [0.15, 0.2) is 0 Å². The van der Waals surface area contributed by atoms with Crippen LogP contribution >= 0.6 is 15.9 Å². The van der Waals surface area contributed by atoms with E-state index < -0.39 is 0 Å². The van der Waals surface area contributed by atoms with Gasteiger partial charge >= 0.3 is 0 Å². The summed E-state index contributed by atoms with van der Waals surface area (Å²) in [4.78, 5) is 13.4. The van der Waals surface area contributed by atoms with Gasteiger partial charge in [-0.15, -0.1) is 0 Å². The second-order valence-electron chi connectivity index (χ2n) is 4.37. The molecule has 0 aliphatic carbocycles. The Kier molecular flexibility index (Phi) is 4.60. The monoisotopic (exact) mass is 313 g/mol. The van der Waals surface area contributed by atoms with E-state index in [1.165, 1.54) is 0 Å². The van der Waals surface area contributed by atoms with Crippen molar-refractivity contribution in [2.24, 2.45) is 5.92 Å². The largest absolute Gasteiger partial charge is 0.491 e. The summed E-state index contributed by atoms with van der Waals surface area (Å²) in [6, 6.07) is 7.63. The summed E-state index contributed by atoms with van der Waals surface area (Å²) in [6.07, 6.45) is 0.450. The van der Waals surface area contributed by atoms with Crippen LogP contribution in [0.4, 0.5) is 0 Å². The lowest BCUT2D eigenvalue weighted by molar-refractivity contribution is -0.128. The lowest BCUT2D eigenvalue weighted by Gasteiger charge is -2.17. The smallest absolute Gasteiger partial charge is 0.223 e. The highest BCUT2D eigenvalue weighted by Gasteiger charge is 2.28. The van der Waals surface area contributed by atoms with Gasteiger partial charge in [0.1, 0.15) is 12.4 Å². The van der Waals surface area contributed by atoms with Gasteiger partial charge in [-0.3, -0.25) is 4.79 Å². The van der Waals surface area contributed by atoms with Crippen molar-refractivity contribution < 1.29 is 14.6 Å². The van der Waals surface area contributed by atoms with E-state index in [1.54, 1.807) is 4.90 Å². The van der Waals surface area contributed by atoms with Crippen LogP contribution < -0.4 is 4.74 Å². The Bertz CT molecular complexity index is 424. The van der Waals surface area contributed by atoms with Crippen LogP contribution in [0.1, 0.15) is 6.42 Å². The van der Waals surface area contributed by atoms with Crippen LogP contribution in [0.15, 0.2) is 28.7 Å². The summed E-state index contributed by atoms with van der Waals surface area (Å²) in [5, 5.41) is 9.03. The second kappa shape index (κ2) is 6.20. The van der Waals surface area contributed by atoms with E-state index in [4.69, 9.17) is 9.84 Å². The second-order valence-corrected chi connectivity index (χ2v) is 5.23. The van der Waals surface area contributed by atoms with Gasteiger partial charge in [0.05, 0.1) is 11.0 Å². The molecule has 98 valence electrons. The molecule has 1 saturated heterocycles. The summed E-state index contributed by atoms with van der Waals surface area (Å²) in [5.41, 5.74) is 0. The van der Waals surface area contributed by atoms with Gasteiger partial charge < -0.3 is 14.7 Å². The zero-order chi connectivity index (χ0) is 13.0. The number of nitrogens with zero attached hydrogens (tertiary/aromatic N) is 1. The Balaban J connectivity index is 1.79. The first-order valence-corrected chi connectivity index (χ1v) is 6.76. The number of benzene rings is 1. The minimum Gasteiger partial charge on any atom is -0.491 e. The molecule has 0 bridgehead atoms. The van der Waals surface area contributed by atoms with Crippen LogP contribution in [-0.4, -0.2) is 42.2 Å². The number of carbonyl (C=O) groups is 1. The van der Waals surface area contributed by atoms with Crippen molar-refractivity contribution in [2.45, 2.75) is 6.42 Å². The molecule has 1 heterocycles. The van der Waals surface area contributed by atoms with Gasteiger partial charge in [0.25, 0.3) is 0 Å². The van der Waals surface area contributed by atoms with Gasteiger partial charge in [-0.1, -0.05) is 12.1 Å². The molecule has 1 N–H and O–H groups in total. The third-order valence-electron chi connectivity index (χ3n) is 3.01. The Morgan fingerprint density at radius 3 is 2.89 bits per heavy atom. The minimum absolute atomic E-state index is 0.0767. The Morgan fingerprint density at radius 2 is 2.22 bits per heavy atom. The number of hydrogen-bond acceptors (Lipinski definition) is 3. The molecule has 0 spiro atoms. The van der Waals surface area contributed by atoms with Crippen LogP contribution in [0, 0.1) is 5.92 Å². The molecule has 18 heavy (non-hydrogen) atoms. The number of aliphatic hydroxyl groups excluding tert-OH is 1. The average Bonchev–Trinajstić information content (AvgIpc) is 2.73. The predicted octanol–water partition coefficient (Wildman–Crippen LogP) is 1.67. The van der Waals surface area contributed by atoms with Crippen molar-refractivity contribution in [3.63, 3.8) is 0 Å². The van der Waals surface area contributed by atoms with Crippen molar-refractivity contribution in [1.29, 1.82) is 0 Å². The first kappa shape index (κ1) is 13.4. The number of hydrogen-bond donors (Lipinski definition) is 1. The zero-order valence-corrected chi connectivity index (χ0v) is 11.6. The topological polar surface area (TPSA) is 49.8 Å². The lowest BCUT2D eigenvalue weighted by Crippen LogP contribution is -2.30. The van der Waals surface area contributed by atoms with E-state index in [0.29, 0.717) is 26.1 Å². The molecule has 1 aliphatic rings. The molecule has 1 aromatic carbocycles. The number of ether oxygens (including phenoxy) is 1. The number of likely N-dealkylation sites (tertiary alicyclic amines) is 1. The van der Waals surface area contributed by atoms with Gasteiger partial charge in [0, 0.05) is 25.5 Å². The molecule has 0 aromatic heterocycles. The van der Waals surface area contributed by atoms with Crippen molar-refractivity contribution in [3.05, 3.63) is 28.7 Å². The molecule has 1 aromatic rings. The highest BCUT2D eigenvalue weighted by atomic mass is 79.9. The number of halogens is 1. The van der Waals surface area contributed by atoms with Gasteiger partial charge in [-0.2, -0.15) is 0 Å². The first-order valence-electron chi connectivity index (χ1n) is 5.96. The summed E-state index contributed by atoms with van der Waals surface area (Å²) in [6.45, 7) is 1.74. The number of carbonyl (C=O) groups excluding carboxylic acids is 1. The average molecular weight is 314 g/mol. The maximum atomic E-state index is 11.6. The van der Waals surface area contributed by atoms with E-state index in [0.717, 1.165) is 10.2 Å². The summed E-state index contributed by atoms with van der Waals surface area (Å²) < 4.78 is 6.52. The molecule has 0 radical (unpaired) electrons. The summed E-state index contributed by atoms with van der Waals surface area (Å²) in [7, 11) is 0. The maximum Gasteiger partial charge on any atom is 0.223 e. The highest BCUT2D eigenvalue weighted by molar-refractivity contribution is 9.10. The van der Waals surface area contributed by atoms with Gasteiger partial charge in [0.2, 0.25) is 5.91 Å². The van der Waals surface area contributed by atoms with E-state index in [1.807, 2.05) is 24.3 Å². The van der Waals surface area contributed by atoms with E-state index in [9.17, 15) is 4.79 Å². The number of amides is 1. The van der Waals surface area contributed by atoms with Crippen molar-refractivity contribution >= 4 is 21.8 Å². The molecule has 1 fully saturated rings. The first-order chi connectivity index (χ1) is 8.70. The maximum absolute atomic E-state index is 11.6. The van der Waals surface area contributed by atoms with E-state index >= 15 is 0 Å². The predicted molar refractivity (Wildman–Crippen MR) is 71.4 cm³/mol. The number of para-hydroxylation sites is 1. The number of aliphatic hydroxyl groups is 1. The summed E-state index contributed by atoms with van der Waals surface area (Å²) in [5.74, 6) is 0.966. The fraction of sp³-hybridized carbons (Fsp3) is 0.462. The molecule has 1 amide bonds. The normalized spacial score (nSPS) is 19.3. The molecule has 1 aliphatic heterocycles. The van der Waals surface area contributed by atoms with Crippen LogP contribution in [0.3, 0.4) is 0 Å². The molecule has 1 unspecified atom stereocenters. The van der Waals surface area contributed by atoms with Crippen LogP contribution in [0.2, 0.25) is 0 Å². The third-order valence-corrected chi connectivity index (χ3v) is 3.66. The zero-order valence-electron chi connectivity index (χ0n) is 10.0. The van der Waals surface area contributed by atoms with Gasteiger partial charge in [-0.25, -0.2) is 0 Å². The molecule has 5 heteroatoms. The quantitative estimate of drug-likeness (QED) is 0.899.